The summed E-state index contributed by atoms with van der Waals surface area (Å²) in [7, 11) is 0. The Kier molecular flexibility index (Phi) is 8.52. The average Bonchev–Trinajstić information content (AvgIpc) is 3.38. The molecule has 1 fully saturated rings. The summed E-state index contributed by atoms with van der Waals surface area (Å²) in [5.74, 6) is 2.14. The summed E-state index contributed by atoms with van der Waals surface area (Å²) < 4.78 is 8.09. The predicted octanol–water partition coefficient (Wildman–Crippen LogP) is 7.34. The van der Waals surface area contributed by atoms with Crippen molar-refractivity contribution in [2.24, 2.45) is 5.10 Å². The van der Waals surface area contributed by atoms with Gasteiger partial charge in [0.15, 0.2) is 5.82 Å². The second-order valence-electron chi connectivity index (χ2n) is 9.41. The van der Waals surface area contributed by atoms with Gasteiger partial charge in [-0.3, -0.25) is 20.1 Å². The second kappa shape index (κ2) is 12.6. The zero-order valence-electron chi connectivity index (χ0n) is 21.7. The molecule has 10 heteroatoms. The molecule has 1 N–H and O–H groups in total. The van der Waals surface area contributed by atoms with E-state index in [0.717, 1.165) is 11.4 Å². The Hall–Kier alpha value is -4.18. The van der Waals surface area contributed by atoms with Gasteiger partial charge in [0.2, 0.25) is 5.16 Å². The van der Waals surface area contributed by atoms with Crippen LogP contribution in [-0.4, -0.2) is 24.7 Å². The monoisotopic (exact) mass is 542 g/mol. The molecule has 5 rings (SSSR count). The molecule has 1 aliphatic rings. The molecular formula is C29H30N6O3S. The van der Waals surface area contributed by atoms with E-state index in [2.05, 4.69) is 32.9 Å². The highest BCUT2D eigenvalue weighted by molar-refractivity contribution is 8.13. The van der Waals surface area contributed by atoms with Crippen molar-refractivity contribution in [3.63, 3.8) is 0 Å². The number of aromatic nitrogens is 3. The third kappa shape index (κ3) is 6.83. The van der Waals surface area contributed by atoms with Crippen molar-refractivity contribution in [1.82, 2.24) is 14.8 Å². The molecule has 9 nitrogen and oxygen atoms in total. The summed E-state index contributed by atoms with van der Waals surface area (Å²) in [6.07, 6.45) is 6.52. The predicted molar refractivity (Wildman–Crippen MR) is 154 cm³/mol. The maximum absolute atomic E-state index is 10.9. The fourth-order valence-corrected chi connectivity index (χ4v) is 5.41. The molecule has 0 aliphatic heterocycles. The van der Waals surface area contributed by atoms with Crippen LogP contribution in [-0.2, 0) is 6.61 Å². The summed E-state index contributed by atoms with van der Waals surface area (Å²) in [5, 5.41) is 25.5. The number of ether oxygens (including phenoxy) is 1. The van der Waals surface area contributed by atoms with Gasteiger partial charge in [-0.25, -0.2) is 0 Å². The van der Waals surface area contributed by atoms with E-state index in [0.29, 0.717) is 27.6 Å². The van der Waals surface area contributed by atoms with Crippen LogP contribution >= 0.6 is 11.8 Å². The summed E-state index contributed by atoms with van der Waals surface area (Å²) in [6, 6.07) is 24.5. The van der Waals surface area contributed by atoms with Gasteiger partial charge in [0.1, 0.15) is 12.4 Å². The zero-order chi connectivity index (χ0) is 27.0. The Bertz CT molecular complexity index is 1420. The summed E-state index contributed by atoms with van der Waals surface area (Å²) >= 11 is 1.37. The van der Waals surface area contributed by atoms with Crippen molar-refractivity contribution in [3.8, 4) is 11.4 Å². The van der Waals surface area contributed by atoms with Crippen molar-refractivity contribution in [3.05, 3.63) is 100 Å². The van der Waals surface area contributed by atoms with E-state index in [1.165, 1.54) is 61.6 Å². The number of rotatable bonds is 9. The van der Waals surface area contributed by atoms with Crippen LogP contribution in [0.3, 0.4) is 0 Å². The van der Waals surface area contributed by atoms with E-state index in [4.69, 9.17) is 4.74 Å². The molecule has 3 aromatic carbocycles. The standard InChI is InChI=1S/C29H30N6O3S/c1-21(30-31-24-14-16-26(17-15-24)35(36)37)39-29-33-32-28(34(29)25-10-6-3-7-11-25)20-38-27-18-12-23(13-19-27)22-8-4-2-5-9-22/h3,6-7,10-19,22,31H,2,4-5,8-9,20H2,1H3/b30-21+. The molecule has 1 heterocycles. The molecule has 0 amide bonds. The van der Waals surface area contributed by atoms with Crippen LogP contribution in [0.1, 0.15) is 56.3 Å². The van der Waals surface area contributed by atoms with Gasteiger partial charge in [0.25, 0.3) is 5.69 Å². The minimum absolute atomic E-state index is 0.0292. The largest absolute Gasteiger partial charge is 0.486 e. The van der Waals surface area contributed by atoms with Crippen LogP contribution in [0.2, 0.25) is 0 Å². The fourth-order valence-electron chi connectivity index (χ4n) is 4.67. The molecule has 1 aromatic heterocycles. The molecule has 1 saturated carbocycles. The van der Waals surface area contributed by atoms with Crippen LogP contribution in [0.15, 0.2) is 89.1 Å². The van der Waals surface area contributed by atoms with Crippen LogP contribution in [0.5, 0.6) is 5.75 Å². The van der Waals surface area contributed by atoms with E-state index in [1.54, 1.807) is 12.1 Å². The van der Waals surface area contributed by atoms with Gasteiger partial charge in [0.05, 0.1) is 15.7 Å². The summed E-state index contributed by atoms with van der Waals surface area (Å²) in [4.78, 5) is 10.4. The smallest absolute Gasteiger partial charge is 0.269 e. The zero-order valence-corrected chi connectivity index (χ0v) is 22.5. The lowest BCUT2D eigenvalue weighted by Gasteiger charge is -2.22. The number of nitrogens with one attached hydrogen (secondary N) is 1. The van der Waals surface area contributed by atoms with Crippen LogP contribution in [0.25, 0.3) is 5.69 Å². The van der Waals surface area contributed by atoms with Gasteiger partial charge < -0.3 is 4.74 Å². The van der Waals surface area contributed by atoms with E-state index in [9.17, 15) is 10.1 Å². The first-order chi connectivity index (χ1) is 19.1. The Labute approximate surface area is 231 Å². The Morgan fingerprint density at radius 3 is 2.44 bits per heavy atom. The highest BCUT2D eigenvalue weighted by Gasteiger charge is 2.18. The van der Waals surface area contributed by atoms with E-state index in [1.807, 2.05) is 54.0 Å². The molecule has 0 spiro atoms. The Balaban J connectivity index is 1.28. The quantitative estimate of drug-likeness (QED) is 0.0775. The minimum atomic E-state index is -0.432. The van der Waals surface area contributed by atoms with Crippen molar-refractivity contribution in [2.45, 2.75) is 56.7 Å². The van der Waals surface area contributed by atoms with Crippen molar-refractivity contribution in [1.29, 1.82) is 0 Å². The van der Waals surface area contributed by atoms with Crippen molar-refractivity contribution >= 4 is 28.2 Å². The molecule has 0 saturated heterocycles. The third-order valence-corrected chi connectivity index (χ3v) is 7.53. The molecule has 0 bridgehead atoms. The Morgan fingerprint density at radius 2 is 1.74 bits per heavy atom. The first-order valence-corrected chi connectivity index (χ1v) is 13.8. The van der Waals surface area contributed by atoms with Gasteiger partial charge in [0, 0.05) is 17.8 Å². The maximum Gasteiger partial charge on any atom is 0.269 e. The van der Waals surface area contributed by atoms with E-state index >= 15 is 0 Å². The molecule has 0 radical (unpaired) electrons. The number of thioether (sulfide) groups is 1. The number of nitro groups is 1. The van der Waals surface area contributed by atoms with E-state index in [-0.39, 0.29) is 12.3 Å². The number of para-hydroxylation sites is 1. The normalized spacial score (nSPS) is 14.2. The average molecular weight is 543 g/mol. The topological polar surface area (TPSA) is 107 Å². The highest BCUT2D eigenvalue weighted by atomic mass is 32.2. The number of benzene rings is 3. The third-order valence-electron chi connectivity index (χ3n) is 6.70. The number of nitro benzene ring substituents is 1. The number of hydrazone groups is 1. The molecule has 4 aromatic rings. The second-order valence-corrected chi connectivity index (χ2v) is 10.6. The molecule has 39 heavy (non-hydrogen) atoms. The van der Waals surface area contributed by atoms with Crippen LogP contribution < -0.4 is 10.2 Å². The molecule has 1 aliphatic carbocycles. The first-order valence-electron chi connectivity index (χ1n) is 13.0. The van der Waals surface area contributed by atoms with Crippen LogP contribution in [0, 0.1) is 10.1 Å². The first kappa shape index (κ1) is 26.4. The molecular weight excluding hydrogens is 512 g/mol. The fraction of sp³-hybridized carbons (Fsp3) is 0.276. The van der Waals surface area contributed by atoms with Gasteiger partial charge >= 0.3 is 0 Å². The van der Waals surface area contributed by atoms with Gasteiger partial charge in [-0.15, -0.1) is 10.2 Å². The number of non-ortho nitro benzene ring substituents is 1. The van der Waals surface area contributed by atoms with Crippen molar-refractivity contribution in [2.75, 3.05) is 5.43 Å². The number of hydrogen-bond donors (Lipinski definition) is 1. The molecule has 0 unspecified atom stereocenters. The maximum atomic E-state index is 10.9. The lowest BCUT2D eigenvalue weighted by molar-refractivity contribution is -0.384. The summed E-state index contributed by atoms with van der Waals surface area (Å²) in [5.41, 5.74) is 5.93. The molecule has 0 atom stereocenters. The summed E-state index contributed by atoms with van der Waals surface area (Å²) in [6.45, 7) is 2.12. The van der Waals surface area contributed by atoms with Gasteiger partial charge in [-0.05, 0) is 79.4 Å². The SMILES string of the molecule is C/C(=N\Nc1ccc([N+](=O)[O-])cc1)Sc1nnc(COc2ccc(C3CCCCC3)cc2)n1-c1ccccc1. The lowest BCUT2D eigenvalue weighted by atomic mass is 9.84. The lowest BCUT2D eigenvalue weighted by Crippen LogP contribution is -2.07. The number of hydrogen-bond acceptors (Lipinski definition) is 8. The van der Waals surface area contributed by atoms with Gasteiger partial charge in [-0.2, -0.15) is 5.10 Å². The molecule has 200 valence electrons. The van der Waals surface area contributed by atoms with Gasteiger partial charge in [-0.1, -0.05) is 49.6 Å². The number of nitrogens with zero attached hydrogens (tertiary/aromatic N) is 5. The van der Waals surface area contributed by atoms with Crippen molar-refractivity contribution < 1.29 is 9.66 Å². The Morgan fingerprint density at radius 1 is 1.03 bits per heavy atom. The number of anilines is 1. The highest BCUT2D eigenvalue weighted by Crippen LogP contribution is 2.33. The van der Waals surface area contributed by atoms with Crippen LogP contribution in [0.4, 0.5) is 11.4 Å². The van der Waals surface area contributed by atoms with E-state index < -0.39 is 4.92 Å². The minimum Gasteiger partial charge on any atom is -0.486 e.